The fourth-order valence-corrected chi connectivity index (χ4v) is 5.67. The summed E-state index contributed by atoms with van der Waals surface area (Å²) in [6.45, 7) is 4.24. The van der Waals surface area contributed by atoms with Gasteiger partial charge in [-0.1, -0.05) is 66.7 Å². The molecule has 3 aromatic carbocycles. The van der Waals surface area contributed by atoms with Crippen molar-refractivity contribution in [2.45, 2.75) is 25.7 Å². The molecule has 0 atom stereocenters. The third-order valence-electron chi connectivity index (χ3n) is 6.97. The molecule has 0 unspecified atom stereocenters. The van der Waals surface area contributed by atoms with Crippen molar-refractivity contribution in [3.05, 3.63) is 128 Å². The van der Waals surface area contributed by atoms with E-state index < -0.39 is 0 Å². The molecule has 0 amide bonds. The molecule has 0 fully saturated rings. The van der Waals surface area contributed by atoms with Gasteiger partial charge in [0.15, 0.2) is 0 Å². The first-order valence-corrected chi connectivity index (χ1v) is 12.3. The van der Waals surface area contributed by atoms with Gasteiger partial charge in [-0.05, 0) is 88.0 Å². The first-order valence-electron chi connectivity index (χ1n) is 11.9. The summed E-state index contributed by atoms with van der Waals surface area (Å²) in [7, 11) is 0. The summed E-state index contributed by atoms with van der Waals surface area (Å²) in [5.74, 6) is 0.810. The van der Waals surface area contributed by atoms with E-state index in [2.05, 4.69) is 72.3 Å². The molecule has 3 heteroatoms. The lowest BCUT2D eigenvalue weighted by atomic mass is 9.87. The van der Waals surface area contributed by atoms with Crippen molar-refractivity contribution in [1.29, 1.82) is 0 Å². The summed E-state index contributed by atoms with van der Waals surface area (Å²) in [6.07, 6.45) is 14.7. The second-order valence-corrected chi connectivity index (χ2v) is 9.35. The molecule has 0 aromatic heterocycles. The number of nitrogens with zero attached hydrogens (tertiary/aromatic N) is 1. The Labute approximate surface area is 204 Å². The number of anilines is 1. The Morgan fingerprint density at radius 1 is 0.971 bits per heavy atom. The Bertz CT molecular complexity index is 1600. The van der Waals surface area contributed by atoms with Gasteiger partial charge in [-0.3, -0.25) is 0 Å². The standard InChI is InChI=1S/C31H26ClNO/c1-2-19-34-31-11-6-18-33(30-17-13-22(32)20-28(30)31)29-10-5-9-24-26-14-12-21-7-3-4-8-23(21)25(26)15-16-27(24)29/h2-4,6-8,11-13,15-18,20H,1,5,9-10,14,19H2. The highest BCUT2D eigenvalue weighted by molar-refractivity contribution is 6.30. The maximum atomic E-state index is 6.41. The van der Waals surface area contributed by atoms with E-state index in [4.69, 9.17) is 16.3 Å². The molecule has 2 nitrogen and oxygen atoms in total. The minimum Gasteiger partial charge on any atom is -0.489 e. The number of hydrogen-bond donors (Lipinski definition) is 0. The van der Waals surface area contributed by atoms with Gasteiger partial charge in [0.1, 0.15) is 12.4 Å². The fraction of sp³-hybridized carbons (Fsp3) is 0.161. The summed E-state index contributed by atoms with van der Waals surface area (Å²) in [6, 6.07) is 19.4. The van der Waals surface area contributed by atoms with Gasteiger partial charge in [0.25, 0.3) is 0 Å². The normalized spacial score (nSPS) is 15.7. The highest BCUT2D eigenvalue weighted by Gasteiger charge is 2.23. The van der Waals surface area contributed by atoms with Crippen LogP contribution in [0.2, 0.25) is 5.02 Å². The number of benzene rings is 3. The summed E-state index contributed by atoms with van der Waals surface area (Å²) in [4.78, 5) is 2.33. The number of ether oxygens (including phenoxy) is 1. The van der Waals surface area contributed by atoms with Crippen LogP contribution < -0.4 is 15.3 Å². The predicted molar refractivity (Wildman–Crippen MR) is 142 cm³/mol. The molecule has 0 radical (unpaired) electrons. The number of rotatable bonds is 4. The first-order chi connectivity index (χ1) is 16.7. The number of allylic oxidation sites excluding steroid dienone is 2. The Hall–Kier alpha value is -3.49. The Morgan fingerprint density at radius 3 is 2.76 bits per heavy atom. The van der Waals surface area contributed by atoms with Gasteiger partial charge in [0, 0.05) is 22.5 Å². The van der Waals surface area contributed by atoms with E-state index >= 15 is 0 Å². The van der Waals surface area contributed by atoms with Gasteiger partial charge >= 0.3 is 0 Å². The smallest absolute Gasteiger partial charge is 0.129 e. The highest BCUT2D eigenvalue weighted by Crippen LogP contribution is 2.37. The summed E-state index contributed by atoms with van der Waals surface area (Å²) >= 11 is 6.41. The lowest BCUT2D eigenvalue weighted by Crippen LogP contribution is -2.30. The molecule has 0 saturated heterocycles. The molecule has 3 aliphatic rings. The molecule has 3 aromatic rings. The monoisotopic (exact) mass is 463 g/mol. The van der Waals surface area contributed by atoms with E-state index in [1.165, 1.54) is 37.7 Å². The highest BCUT2D eigenvalue weighted by atomic mass is 35.5. The van der Waals surface area contributed by atoms with E-state index in [-0.39, 0.29) is 0 Å². The van der Waals surface area contributed by atoms with E-state index in [0.29, 0.717) is 11.6 Å². The van der Waals surface area contributed by atoms with Gasteiger partial charge in [-0.2, -0.15) is 0 Å². The van der Waals surface area contributed by atoms with Gasteiger partial charge in [0.2, 0.25) is 0 Å². The zero-order valence-electron chi connectivity index (χ0n) is 19.1. The molecule has 0 bridgehead atoms. The largest absolute Gasteiger partial charge is 0.489 e. The topological polar surface area (TPSA) is 12.5 Å². The molecule has 0 N–H and O–H groups in total. The van der Waals surface area contributed by atoms with Crippen LogP contribution in [0.1, 0.15) is 29.5 Å². The average molecular weight is 464 g/mol. The Morgan fingerprint density at radius 2 is 1.85 bits per heavy atom. The Kier molecular flexibility index (Phi) is 5.39. The minimum atomic E-state index is 0.454. The third-order valence-corrected chi connectivity index (χ3v) is 7.21. The van der Waals surface area contributed by atoms with Crippen molar-refractivity contribution in [3.8, 4) is 0 Å². The molecule has 6 rings (SSSR count). The van der Waals surface area contributed by atoms with Crippen molar-refractivity contribution >= 4 is 34.8 Å². The van der Waals surface area contributed by atoms with Crippen LogP contribution in [0.25, 0.3) is 17.5 Å². The van der Waals surface area contributed by atoms with Crippen LogP contribution in [0.4, 0.5) is 5.69 Å². The maximum Gasteiger partial charge on any atom is 0.129 e. The lowest BCUT2D eigenvalue weighted by molar-refractivity contribution is 0.320. The van der Waals surface area contributed by atoms with Gasteiger partial charge < -0.3 is 9.64 Å². The zero-order chi connectivity index (χ0) is 23.1. The summed E-state index contributed by atoms with van der Waals surface area (Å²) in [5.41, 5.74) is 6.40. The molecule has 1 heterocycles. The van der Waals surface area contributed by atoms with Crippen molar-refractivity contribution in [2.24, 2.45) is 0 Å². The molecule has 2 aliphatic carbocycles. The van der Waals surface area contributed by atoms with Crippen LogP contribution in [0.3, 0.4) is 0 Å². The van der Waals surface area contributed by atoms with E-state index in [9.17, 15) is 0 Å². The molecular formula is C31H26ClNO. The van der Waals surface area contributed by atoms with Crippen LogP contribution in [-0.4, -0.2) is 6.61 Å². The second-order valence-electron chi connectivity index (χ2n) is 8.92. The van der Waals surface area contributed by atoms with Crippen LogP contribution in [0.5, 0.6) is 0 Å². The van der Waals surface area contributed by atoms with Crippen molar-refractivity contribution in [2.75, 3.05) is 11.5 Å². The van der Waals surface area contributed by atoms with Crippen molar-refractivity contribution in [3.63, 3.8) is 0 Å². The van der Waals surface area contributed by atoms with Gasteiger partial charge in [-0.25, -0.2) is 0 Å². The molecule has 0 spiro atoms. The van der Waals surface area contributed by atoms with Crippen LogP contribution in [-0.2, 0) is 17.6 Å². The average Bonchev–Trinajstić information content (AvgIpc) is 3.05. The molecule has 34 heavy (non-hydrogen) atoms. The van der Waals surface area contributed by atoms with E-state index in [1.54, 1.807) is 6.08 Å². The first kappa shape index (κ1) is 21.1. The minimum absolute atomic E-state index is 0.454. The SMILES string of the molecule is C=CCOC1=CC=CN(C2=c3ccc4c(c3CCC2)CC=c2ccccc2=4)c2ccc(Cl)cc21. The van der Waals surface area contributed by atoms with E-state index in [1.807, 2.05) is 18.2 Å². The predicted octanol–water partition coefficient (Wildman–Crippen LogP) is 5.99. The summed E-state index contributed by atoms with van der Waals surface area (Å²) < 4.78 is 6.00. The van der Waals surface area contributed by atoms with Crippen LogP contribution >= 0.6 is 11.6 Å². The van der Waals surface area contributed by atoms with Crippen molar-refractivity contribution in [1.82, 2.24) is 0 Å². The number of fused-ring (bicyclic) bond motifs is 5. The quantitative estimate of drug-likeness (QED) is 0.441. The van der Waals surface area contributed by atoms with Gasteiger partial charge in [0.05, 0.1) is 5.69 Å². The maximum absolute atomic E-state index is 6.41. The zero-order valence-corrected chi connectivity index (χ0v) is 19.8. The number of hydrogen-bond acceptors (Lipinski definition) is 2. The number of halogens is 1. The molecule has 0 saturated carbocycles. The van der Waals surface area contributed by atoms with Gasteiger partial charge in [-0.15, -0.1) is 0 Å². The molecule has 168 valence electrons. The lowest BCUT2D eigenvalue weighted by Gasteiger charge is -2.29. The van der Waals surface area contributed by atoms with Crippen LogP contribution in [0, 0.1) is 10.4 Å². The second kappa shape index (κ2) is 8.70. The van der Waals surface area contributed by atoms with E-state index in [0.717, 1.165) is 42.7 Å². The fourth-order valence-electron chi connectivity index (χ4n) is 5.50. The van der Waals surface area contributed by atoms with Crippen LogP contribution in [0.15, 0.2) is 85.6 Å². The summed E-state index contributed by atoms with van der Waals surface area (Å²) in [5, 5.41) is 6.14. The molecular weight excluding hydrogens is 438 g/mol. The Balaban J connectivity index is 1.57. The van der Waals surface area contributed by atoms with Crippen molar-refractivity contribution < 1.29 is 4.74 Å². The third kappa shape index (κ3) is 3.50. The molecule has 1 aliphatic heterocycles.